The average Bonchev–Trinajstić information content (AvgIpc) is 3.20. The van der Waals surface area contributed by atoms with Crippen LogP contribution in [0.5, 0.6) is 5.75 Å². The fraction of sp³-hybridized carbons (Fsp3) is 0.200. The van der Waals surface area contributed by atoms with E-state index in [4.69, 9.17) is 14.4 Å². The Kier molecular flexibility index (Phi) is 5.56. The van der Waals surface area contributed by atoms with Crippen molar-refractivity contribution in [3.63, 3.8) is 0 Å². The molecule has 0 bridgehead atoms. The number of amides is 1. The van der Waals surface area contributed by atoms with E-state index in [9.17, 15) is 4.79 Å². The topological polar surface area (TPSA) is 104 Å². The lowest BCUT2D eigenvalue weighted by molar-refractivity contribution is 0.0827. The fourth-order valence-electron chi connectivity index (χ4n) is 2.57. The Hall–Kier alpha value is -3.86. The Morgan fingerprint density at radius 2 is 2.07 bits per heavy atom. The molecule has 0 aliphatic carbocycles. The van der Waals surface area contributed by atoms with Crippen molar-refractivity contribution in [2.75, 3.05) is 26.5 Å². The Bertz CT molecular complexity index is 1040. The summed E-state index contributed by atoms with van der Waals surface area (Å²) in [6, 6.07) is 14.2. The van der Waals surface area contributed by atoms with Crippen molar-refractivity contribution in [2.24, 2.45) is 0 Å². The lowest BCUT2D eigenvalue weighted by Gasteiger charge is -2.14. The number of ether oxygens (including phenoxy) is 1. The molecule has 0 radical (unpaired) electrons. The second-order valence-electron chi connectivity index (χ2n) is 6.16. The molecule has 1 N–H and O–H groups in total. The van der Waals surface area contributed by atoms with Gasteiger partial charge in [0, 0.05) is 25.2 Å². The summed E-state index contributed by atoms with van der Waals surface area (Å²) in [6.45, 7) is 0.251. The molecule has 1 amide bonds. The Balaban J connectivity index is 1.77. The van der Waals surface area contributed by atoms with Gasteiger partial charge in [-0.25, -0.2) is 0 Å². The van der Waals surface area contributed by atoms with Crippen LogP contribution in [-0.4, -0.2) is 42.2 Å². The van der Waals surface area contributed by atoms with Crippen molar-refractivity contribution in [2.45, 2.75) is 6.54 Å². The quantitative estimate of drug-likeness (QED) is 0.704. The van der Waals surface area contributed by atoms with Gasteiger partial charge in [-0.2, -0.15) is 5.26 Å². The lowest BCUT2D eigenvalue weighted by atomic mass is 10.1. The normalized spacial score (nSPS) is 10.2. The number of methoxy groups -OCH3 is 1. The first-order valence-electron chi connectivity index (χ1n) is 8.48. The van der Waals surface area contributed by atoms with Gasteiger partial charge in [-0.15, -0.1) is 10.2 Å². The van der Waals surface area contributed by atoms with Gasteiger partial charge in [-0.3, -0.25) is 4.79 Å². The molecular formula is C20H19N5O3. The summed E-state index contributed by atoms with van der Waals surface area (Å²) < 4.78 is 11.0. The van der Waals surface area contributed by atoms with Crippen molar-refractivity contribution < 1.29 is 13.9 Å². The van der Waals surface area contributed by atoms with Gasteiger partial charge >= 0.3 is 0 Å². The van der Waals surface area contributed by atoms with E-state index in [0.717, 1.165) is 0 Å². The molecule has 28 heavy (non-hydrogen) atoms. The zero-order valence-electron chi connectivity index (χ0n) is 15.8. The highest BCUT2D eigenvalue weighted by Gasteiger charge is 2.13. The third-order valence-electron chi connectivity index (χ3n) is 3.99. The number of rotatable bonds is 6. The molecular weight excluding hydrogens is 358 g/mol. The summed E-state index contributed by atoms with van der Waals surface area (Å²) in [5.41, 5.74) is 2.37. The Labute approximate surface area is 162 Å². The van der Waals surface area contributed by atoms with E-state index in [1.54, 1.807) is 63.7 Å². The van der Waals surface area contributed by atoms with E-state index in [0.29, 0.717) is 39.9 Å². The number of aromatic nitrogens is 2. The molecule has 2 aromatic carbocycles. The first kappa shape index (κ1) is 18.9. The van der Waals surface area contributed by atoms with Gasteiger partial charge in [0.25, 0.3) is 5.91 Å². The summed E-state index contributed by atoms with van der Waals surface area (Å²) in [4.78, 5) is 13.7. The van der Waals surface area contributed by atoms with Crippen LogP contribution in [0.3, 0.4) is 0 Å². The minimum absolute atomic E-state index is 0.108. The molecule has 0 aliphatic rings. The van der Waals surface area contributed by atoms with Crippen LogP contribution in [0.15, 0.2) is 46.9 Å². The van der Waals surface area contributed by atoms with Gasteiger partial charge in [-0.05, 0) is 36.4 Å². The van der Waals surface area contributed by atoms with E-state index in [1.807, 2.05) is 0 Å². The molecule has 3 aromatic rings. The minimum Gasteiger partial charge on any atom is -0.495 e. The van der Waals surface area contributed by atoms with E-state index >= 15 is 0 Å². The molecule has 0 aliphatic heterocycles. The summed E-state index contributed by atoms with van der Waals surface area (Å²) in [7, 11) is 4.95. The van der Waals surface area contributed by atoms with Crippen LogP contribution in [0.2, 0.25) is 0 Å². The molecule has 0 fully saturated rings. The molecule has 3 rings (SSSR count). The number of benzene rings is 2. The van der Waals surface area contributed by atoms with Gasteiger partial charge in [0.15, 0.2) is 0 Å². The van der Waals surface area contributed by atoms with E-state index in [-0.39, 0.29) is 12.5 Å². The monoisotopic (exact) mass is 377 g/mol. The highest BCUT2D eigenvalue weighted by Crippen LogP contribution is 2.27. The van der Waals surface area contributed by atoms with Crippen molar-refractivity contribution in [1.82, 2.24) is 15.1 Å². The molecule has 0 unspecified atom stereocenters. The maximum atomic E-state index is 12.2. The van der Waals surface area contributed by atoms with Crippen LogP contribution in [0, 0.1) is 11.3 Å². The molecule has 0 spiro atoms. The SMILES string of the molecule is COc1ccc(C(=O)N(C)C)cc1NCc1nnc(-c2cccc(C#N)c2)o1. The molecule has 8 heteroatoms. The number of nitrogens with one attached hydrogen (secondary N) is 1. The third kappa shape index (κ3) is 4.10. The lowest BCUT2D eigenvalue weighted by Crippen LogP contribution is -2.21. The van der Waals surface area contributed by atoms with Gasteiger partial charge in [0.2, 0.25) is 11.8 Å². The summed E-state index contributed by atoms with van der Waals surface area (Å²) in [5.74, 6) is 1.18. The average molecular weight is 377 g/mol. The molecule has 0 saturated carbocycles. The fourth-order valence-corrected chi connectivity index (χ4v) is 2.57. The van der Waals surface area contributed by atoms with Crippen LogP contribution in [0.4, 0.5) is 5.69 Å². The molecule has 0 saturated heterocycles. The second kappa shape index (κ2) is 8.22. The number of hydrogen-bond donors (Lipinski definition) is 1. The van der Waals surface area contributed by atoms with Crippen molar-refractivity contribution in [1.29, 1.82) is 5.26 Å². The predicted molar refractivity (Wildman–Crippen MR) is 103 cm³/mol. The van der Waals surface area contributed by atoms with Crippen molar-refractivity contribution in [3.8, 4) is 23.3 Å². The standard InChI is InChI=1S/C20H19N5O3/c1-25(2)20(26)15-7-8-17(27-3)16(10-15)22-12-18-23-24-19(28-18)14-6-4-5-13(9-14)11-21/h4-10,22H,12H2,1-3H3. The van der Waals surface area contributed by atoms with E-state index < -0.39 is 0 Å². The van der Waals surface area contributed by atoms with Crippen LogP contribution < -0.4 is 10.1 Å². The van der Waals surface area contributed by atoms with E-state index in [1.165, 1.54) is 4.90 Å². The van der Waals surface area contributed by atoms with Gasteiger partial charge in [0.05, 0.1) is 31.0 Å². The zero-order valence-corrected chi connectivity index (χ0v) is 15.8. The van der Waals surface area contributed by atoms with Crippen molar-refractivity contribution in [3.05, 3.63) is 59.5 Å². The highest BCUT2D eigenvalue weighted by molar-refractivity contribution is 5.95. The smallest absolute Gasteiger partial charge is 0.253 e. The second-order valence-corrected chi connectivity index (χ2v) is 6.16. The van der Waals surface area contributed by atoms with Crippen molar-refractivity contribution >= 4 is 11.6 Å². The molecule has 0 atom stereocenters. The van der Waals surface area contributed by atoms with E-state index in [2.05, 4.69) is 21.6 Å². The maximum absolute atomic E-state index is 12.2. The molecule has 1 aromatic heterocycles. The maximum Gasteiger partial charge on any atom is 0.253 e. The van der Waals surface area contributed by atoms with Crippen LogP contribution in [0.1, 0.15) is 21.8 Å². The van der Waals surface area contributed by atoms with Crippen LogP contribution >= 0.6 is 0 Å². The zero-order chi connectivity index (χ0) is 20.1. The van der Waals surface area contributed by atoms with Crippen LogP contribution in [-0.2, 0) is 6.54 Å². The van der Waals surface area contributed by atoms with Gasteiger partial charge in [-0.1, -0.05) is 6.07 Å². The van der Waals surface area contributed by atoms with Crippen LogP contribution in [0.25, 0.3) is 11.5 Å². The summed E-state index contributed by atoms with van der Waals surface area (Å²) in [6.07, 6.45) is 0. The number of hydrogen-bond acceptors (Lipinski definition) is 7. The minimum atomic E-state index is -0.108. The predicted octanol–water partition coefficient (Wildman–Crippen LogP) is 2.93. The number of nitrogens with zero attached hydrogens (tertiary/aromatic N) is 4. The first-order chi connectivity index (χ1) is 13.5. The number of anilines is 1. The number of carbonyl (C=O) groups is 1. The third-order valence-corrected chi connectivity index (χ3v) is 3.99. The summed E-state index contributed by atoms with van der Waals surface area (Å²) in [5, 5.41) is 20.2. The largest absolute Gasteiger partial charge is 0.495 e. The molecule has 142 valence electrons. The number of nitriles is 1. The summed E-state index contributed by atoms with van der Waals surface area (Å²) >= 11 is 0. The first-order valence-corrected chi connectivity index (χ1v) is 8.48. The molecule has 1 heterocycles. The van der Waals surface area contributed by atoms with Gasteiger partial charge < -0.3 is 19.4 Å². The number of carbonyl (C=O) groups excluding carboxylic acids is 1. The van der Waals surface area contributed by atoms with Gasteiger partial charge in [0.1, 0.15) is 5.75 Å². The highest BCUT2D eigenvalue weighted by atomic mass is 16.5. The Morgan fingerprint density at radius 3 is 2.79 bits per heavy atom. The Morgan fingerprint density at radius 1 is 1.25 bits per heavy atom. The molecule has 8 nitrogen and oxygen atoms in total.